The van der Waals surface area contributed by atoms with Crippen molar-refractivity contribution < 1.29 is 4.79 Å². The van der Waals surface area contributed by atoms with Gasteiger partial charge in [-0.3, -0.25) is 14.2 Å². The molecule has 5 nitrogen and oxygen atoms in total. The van der Waals surface area contributed by atoms with Crippen LogP contribution in [0.2, 0.25) is 0 Å². The van der Waals surface area contributed by atoms with E-state index < -0.39 is 0 Å². The first-order valence-corrected chi connectivity index (χ1v) is 8.05. The van der Waals surface area contributed by atoms with Crippen LogP contribution < -0.4 is 10.5 Å². The predicted octanol–water partition coefficient (Wildman–Crippen LogP) is 2.17. The lowest BCUT2D eigenvalue weighted by molar-refractivity contribution is -0.119. The summed E-state index contributed by atoms with van der Waals surface area (Å²) in [4.78, 5) is 30.9. The van der Waals surface area contributed by atoms with Crippen LogP contribution in [0.25, 0.3) is 0 Å². The summed E-state index contributed by atoms with van der Waals surface area (Å²) in [6, 6.07) is 9.57. The molecule has 0 saturated carbocycles. The van der Waals surface area contributed by atoms with Crippen molar-refractivity contribution >= 4 is 11.6 Å². The van der Waals surface area contributed by atoms with Gasteiger partial charge >= 0.3 is 0 Å². The summed E-state index contributed by atoms with van der Waals surface area (Å²) in [5.41, 5.74) is 2.74. The minimum Gasteiger partial charge on any atom is -0.307 e. The van der Waals surface area contributed by atoms with Gasteiger partial charge in [0.05, 0.1) is 6.33 Å². The molecule has 0 fully saturated rings. The number of carbonyl (C=O) groups excluding carboxylic acids is 1. The average Bonchev–Trinajstić information content (AvgIpc) is 2.86. The van der Waals surface area contributed by atoms with Crippen LogP contribution >= 0.6 is 0 Å². The standard InChI is InChI=1S/C18H21N3O2/c1-3-6-15-10-17(22)20(12-19-15)11-18(23)21-13(2)9-14-7-4-5-8-16(14)21/h4-5,7-8,10,12-13H,3,6,9,11H2,1-2H3/t13-/m0/s1. The van der Waals surface area contributed by atoms with E-state index in [9.17, 15) is 9.59 Å². The molecule has 0 saturated heterocycles. The van der Waals surface area contributed by atoms with Crippen molar-refractivity contribution in [1.29, 1.82) is 0 Å². The molecule has 23 heavy (non-hydrogen) atoms. The molecule has 0 bridgehead atoms. The number of hydrogen-bond donors (Lipinski definition) is 0. The van der Waals surface area contributed by atoms with Gasteiger partial charge in [0, 0.05) is 23.5 Å². The third-order valence-electron chi connectivity index (χ3n) is 4.22. The van der Waals surface area contributed by atoms with Crippen molar-refractivity contribution in [2.75, 3.05) is 4.90 Å². The first-order chi connectivity index (χ1) is 11.1. The Labute approximate surface area is 135 Å². The van der Waals surface area contributed by atoms with E-state index >= 15 is 0 Å². The van der Waals surface area contributed by atoms with Gasteiger partial charge in [0.25, 0.3) is 5.56 Å². The Bertz CT molecular complexity index is 782. The molecule has 1 aliphatic rings. The summed E-state index contributed by atoms with van der Waals surface area (Å²) in [5, 5.41) is 0. The molecule has 0 radical (unpaired) electrons. The van der Waals surface area contributed by atoms with Crippen molar-refractivity contribution in [1.82, 2.24) is 9.55 Å². The smallest absolute Gasteiger partial charge is 0.253 e. The van der Waals surface area contributed by atoms with Gasteiger partial charge in [-0.15, -0.1) is 0 Å². The highest BCUT2D eigenvalue weighted by Crippen LogP contribution is 2.31. The molecule has 0 aliphatic carbocycles. The maximum absolute atomic E-state index is 12.7. The normalized spacial score (nSPS) is 16.4. The molecule has 1 atom stereocenters. The first-order valence-electron chi connectivity index (χ1n) is 8.05. The van der Waals surface area contributed by atoms with Crippen LogP contribution in [-0.4, -0.2) is 21.5 Å². The molecule has 1 amide bonds. The topological polar surface area (TPSA) is 55.2 Å². The highest BCUT2D eigenvalue weighted by Gasteiger charge is 2.30. The summed E-state index contributed by atoms with van der Waals surface area (Å²) in [6.45, 7) is 4.10. The van der Waals surface area contributed by atoms with Gasteiger partial charge < -0.3 is 4.90 Å². The second-order valence-electron chi connectivity index (χ2n) is 6.04. The Morgan fingerprint density at radius 1 is 1.35 bits per heavy atom. The number of anilines is 1. The zero-order valence-electron chi connectivity index (χ0n) is 13.5. The zero-order valence-corrected chi connectivity index (χ0v) is 13.5. The lowest BCUT2D eigenvalue weighted by atomic mass is 10.1. The molecule has 3 rings (SSSR count). The average molecular weight is 311 g/mol. The number of para-hydroxylation sites is 1. The molecule has 1 aromatic carbocycles. The Morgan fingerprint density at radius 2 is 2.13 bits per heavy atom. The number of carbonyl (C=O) groups is 1. The Kier molecular flexibility index (Phi) is 4.28. The van der Waals surface area contributed by atoms with Gasteiger partial charge in [0.1, 0.15) is 6.54 Å². The van der Waals surface area contributed by atoms with Crippen LogP contribution in [0.4, 0.5) is 5.69 Å². The summed E-state index contributed by atoms with van der Waals surface area (Å²) in [7, 11) is 0. The number of benzene rings is 1. The third-order valence-corrected chi connectivity index (χ3v) is 4.22. The van der Waals surface area contributed by atoms with E-state index in [2.05, 4.69) is 4.98 Å². The lowest BCUT2D eigenvalue weighted by Crippen LogP contribution is -2.40. The van der Waals surface area contributed by atoms with Gasteiger partial charge in [-0.25, -0.2) is 4.98 Å². The minimum atomic E-state index is -0.170. The molecule has 2 aromatic rings. The third kappa shape index (κ3) is 3.04. The maximum Gasteiger partial charge on any atom is 0.253 e. The van der Waals surface area contributed by atoms with Crippen molar-refractivity contribution in [3.8, 4) is 0 Å². The molecular weight excluding hydrogens is 290 g/mol. The number of aromatic nitrogens is 2. The largest absolute Gasteiger partial charge is 0.307 e. The van der Waals surface area contributed by atoms with Gasteiger partial charge in [0.2, 0.25) is 5.91 Å². The van der Waals surface area contributed by atoms with Gasteiger partial charge in [-0.1, -0.05) is 31.5 Å². The van der Waals surface area contributed by atoms with Gasteiger partial charge in [-0.05, 0) is 31.4 Å². The van der Waals surface area contributed by atoms with E-state index in [1.54, 1.807) is 4.90 Å². The number of amides is 1. The van der Waals surface area contributed by atoms with Crippen molar-refractivity contribution in [2.45, 2.75) is 45.7 Å². The summed E-state index contributed by atoms with van der Waals surface area (Å²) in [6.07, 6.45) is 4.06. The molecule has 5 heteroatoms. The second-order valence-corrected chi connectivity index (χ2v) is 6.04. The van der Waals surface area contributed by atoms with Crippen molar-refractivity contribution in [2.24, 2.45) is 0 Å². The molecule has 0 N–H and O–H groups in total. The molecule has 2 heterocycles. The highest BCUT2D eigenvalue weighted by molar-refractivity contribution is 5.96. The fourth-order valence-corrected chi connectivity index (χ4v) is 3.14. The molecular formula is C18H21N3O2. The van der Waals surface area contributed by atoms with E-state index in [0.29, 0.717) is 0 Å². The fourth-order valence-electron chi connectivity index (χ4n) is 3.14. The summed E-state index contributed by atoms with van der Waals surface area (Å²) >= 11 is 0. The molecule has 1 aromatic heterocycles. The minimum absolute atomic E-state index is 0.0247. The first kappa shape index (κ1) is 15.5. The number of nitrogens with zero attached hydrogens (tertiary/aromatic N) is 3. The van der Waals surface area contributed by atoms with Crippen molar-refractivity contribution in [3.05, 3.63) is 58.3 Å². The van der Waals surface area contributed by atoms with Crippen LogP contribution in [0.3, 0.4) is 0 Å². The Balaban J connectivity index is 1.81. The molecule has 1 aliphatic heterocycles. The lowest BCUT2D eigenvalue weighted by Gasteiger charge is -2.23. The van der Waals surface area contributed by atoms with E-state index in [-0.39, 0.29) is 24.1 Å². The SMILES string of the molecule is CCCc1cc(=O)n(CC(=O)N2c3ccccc3C[C@@H]2C)cn1. The molecule has 120 valence electrons. The molecule has 0 spiro atoms. The molecule has 0 unspecified atom stereocenters. The van der Waals surface area contributed by atoms with E-state index in [4.69, 9.17) is 0 Å². The van der Waals surface area contributed by atoms with Crippen molar-refractivity contribution in [3.63, 3.8) is 0 Å². The monoisotopic (exact) mass is 311 g/mol. The maximum atomic E-state index is 12.7. The Hall–Kier alpha value is -2.43. The summed E-state index contributed by atoms with van der Waals surface area (Å²) < 4.78 is 1.38. The number of rotatable bonds is 4. The van der Waals surface area contributed by atoms with Crippen LogP contribution in [0.15, 0.2) is 41.5 Å². The summed E-state index contributed by atoms with van der Waals surface area (Å²) in [5.74, 6) is -0.0745. The van der Waals surface area contributed by atoms with Gasteiger partial charge in [0.15, 0.2) is 0 Å². The quantitative estimate of drug-likeness (QED) is 0.869. The highest BCUT2D eigenvalue weighted by atomic mass is 16.2. The van der Waals surface area contributed by atoms with E-state index in [1.165, 1.54) is 22.5 Å². The number of aryl methyl sites for hydroxylation is 1. The van der Waals surface area contributed by atoms with Crippen LogP contribution in [0.5, 0.6) is 0 Å². The predicted molar refractivity (Wildman–Crippen MR) is 89.6 cm³/mol. The number of fused-ring (bicyclic) bond motifs is 1. The Morgan fingerprint density at radius 3 is 2.87 bits per heavy atom. The number of hydrogen-bond acceptors (Lipinski definition) is 3. The van der Waals surface area contributed by atoms with Crippen LogP contribution in [0.1, 0.15) is 31.5 Å². The van der Waals surface area contributed by atoms with E-state index in [1.807, 2.05) is 38.1 Å². The van der Waals surface area contributed by atoms with Gasteiger partial charge in [-0.2, -0.15) is 0 Å². The van der Waals surface area contributed by atoms with Crippen LogP contribution in [0, 0.1) is 0 Å². The van der Waals surface area contributed by atoms with E-state index in [0.717, 1.165) is 30.6 Å². The zero-order chi connectivity index (χ0) is 16.4. The van der Waals surface area contributed by atoms with Crippen LogP contribution in [-0.2, 0) is 24.2 Å². The second kappa shape index (κ2) is 6.36. The fraction of sp³-hybridized carbons (Fsp3) is 0.389.